The fourth-order valence-corrected chi connectivity index (χ4v) is 3.21. The van der Waals surface area contributed by atoms with E-state index < -0.39 is 0 Å². The highest BCUT2D eigenvalue weighted by Crippen LogP contribution is 2.41. The van der Waals surface area contributed by atoms with E-state index in [1.54, 1.807) is 6.07 Å². The van der Waals surface area contributed by atoms with Gasteiger partial charge in [-0.1, -0.05) is 32.9 Å². The average Bonchev–Trinajstić information content (AvgIpc) is 2.68. The third-order valence-corrected chi connectivity index (χ3v) is 6.12. The second-order valence-electron chi connectivity index (χ2n) is 7.23. The van der Waals surface area contributed by atoms with E-state index in [9.17, 15) is 9.90 Å². The summed E-state index contributed by atoms with van der Waals surface area (Å²) >= 11 is 6.67. The third-order valence-electron chi connectivity index (χ3n) is 3.96. The van der Waals surface area contributed by atoms with Crippen molar-refractivity contribution in [2.75, 3.05) is 13.2 Å². The van der Waals surface area contributed by atoms with Crippen LogP contribution in [0.25, 0.3) is 0 Å². The molecule has 29 heavy (non-hydrogen) atoms. The van der Waals surface area contributed by atoms with Crippen molar-refractivity contribution in [3.05, 3.63) is 50.4 Å². The van der Waals surface area contributed by atoms with Crippen LogP contribution in [0.2, 0.25) is 0 Å². The van der Waals surface area contributed by atoms with Crippen molar-refractivity contribution in [1.29, 1.82) is 0 Å². The summed E-state index contributed by atoms with van der Waals surface area (Å²) in [6.45, 7) is 8.48. The lowest BCUT2D eigenvalue weighted by molar-refractivity contribution is -0.123. The summed E-state index contributed by atoms with van der Waals surface area (Å²) < 4.78 is 11.9. The molecule has 0 fully saturated rings. The Bertz CT molecular complexity index is 891. The van der Waals surface area contributed by atoms with Crippen molar-refractivity contribution in [3.8, 4) is 17.2 Å². The molecule has 6 nitrogen and oxygen atoms in total. The minimum Gasteiger partial charge on any atom is -0.503 e. The Morgan fingerprint density at radius 2 is 1.83 bits per heavy atom. The molecule has 0 heterocycles. The van der Waals surface area contributed by atoms with E-state index >= 15 is 0 Å². The van der Waals surface area contributed by atoms with Crippen LogP contribution < -0.4 is 14.9 Å². The normalized spacial score (nSPS) is 11.5. The molecule has 0 aromatic heterocycles. The Hall–Kier alpha value is -2.06. The lowest BCUT2D eigenvalue weighted by atomic mass is 9.87. The van der Waals surface area contributed by atoms with Crippen molar-refractivity contribution in [1.82, 2.24) is 5.43 Å². The van der Waals surface area contributed by atoms with Crippen LogP contribution in [-0.2, 0) is 10.2 Å². The zero-order valence-electron chi connectivity index (χ0n) is 16.8. The van der Waals surface area contributed by atoms with E-state index in [4.69, 9.17) is 9.47 Å². The molecule has 0 bridgehead atoms. The molecule has 0 atom stereocenters. The lowest BCUT2D eigenvalue weighted by Crippen LogP contribution is -2.24. The maximum atomic E-state index is 12.0. The molecule has 0 radical (unpaired) electrons. The van der Waals surface area contributed by atoms with Crippen LogP contribution in [0, 0.1) is 0 Å². The van der Waals surface area contributed by atoms with Crippen molar-refractivity contribution < 1.29 is 19.4 Å². The molecule has 2 rings (SSSR count). The topological polar surface area (TPSA) is 80.2 Å². The number of amides is 1. The van der Waals surface area contributed by atoms with Crippen LogP contribution in [-0.4, -0.2) is 30.4 Å². The smallest absolute Gasteiger partial charge is 0.277 e. The number of rotatable bonds is 7. The van der Waals surface area contributed by atoms with Crippen LogP contribution in [0.3, 0.4) is 0 Å². The number of hydrogen-bond acceptors (Lipinski definition) is 5. The maximum absolute atomic E-state index is 12.0. The number of ether oxygens (including phenoxy) is 2. The fraction of sp³-hybridized carbons (Fsp3) is 0.333. The Kier molecular flexibility index (Phi) is 8.10. The van der Waals surface area contributed by atoms with E-state index in [1.165, 1.54) is 11.8 Å². The molecule has 2 aromatic rings. The zero-order chi connectivity index (χ0) is 21.6. The SMILES string of the molecule is CCOc1cc(/C=N/NC(=O)COc2ccc(C(C)(C)C)cc2)c(Br)c(Br)c1O. The first-order chi connectivity index (χ1) is 13.6. The number of carbonyl (C=O) groups excluding carboxylic acids is 1. The molecule has 0 saturated carbocycles. The first kappa shape index (κ1) is 23.2. The molecule has 0 aliphatic carbocycles. The summed E-state index contributed by atoms with van der Waals surface area (Å²) in [4.78, 5) is 12.0. The lowest BCUT2D eigenvalue weighted by Gasteiger charge is -2.19. The van der Waals surface area contributed by atoms with Gasteiger partial charge in [-0.15, -0.1) is 0 Å². The minimum atomic E-state index is -0.389. The molecule has 0 unspecified atom stereocenters. The van der Waals surface area contributed by atoms with Crippen molar-refractivity contribution in [2.24, 2.45) is 5.10 Å². The van der Waals surface area contributed by atoms with Gasteiger partial charge in [0, 0.05) is 10.0 Å². The number of hydrazone groups is 1. The number of benzene rings is 2. The minimum absolute atomic E-state index is 0.00853. The number of halogens is 2. The Balaban J connectivity index is 1.94. The number of phenolic OH excluding ortho intramolecular Hbond substituents is 1. The summed E-state index contributed by atoms with van der Waals surface area (Å²) in [7, 11) is 0. The highest BCUT2D eigenvalue weighted by molar-refractivity contribution is 9.13. The van der Waals surface area contributed by atoms with Crippen LogP contribution in [0.15, 0.2) is 44.4 Å². The Morgan fingerprint density at radius 3 is 2.41 bits per heavy atom. The van der Waals surface area contributed by atoms with Crippen LogP contribution >= 0.6 is 31.9 Å². The van der Waals surface area contributed by atoms with Gasteiger partial charge in [-0.3, -0.25) is 4.79 Å². The molecule has 2 aromatic carbocycles. The summed E-state index contributed by atoms with van der Waals surface area (Å²) in [6, 6.07) is 9.29. The van der Waals surface area contributed by atoms with Crippen molar-refractivity contribution in [3.63, 3.8) is 0 Å². The van der Waals surface area contributed by atoms with Gasteiger partial charge in [0.15, 0.2) is 18.1 Å². The summed E-state index contributed by atoms with van der Waals surface area (Å²) in [5.41, 5.74) is 4.29. The second-order valence-corrected chi connectivity index (χ2v) is 8.82. The first-order valence-electron chi connectivity index (χ1n) is 9.02. The Morgan fingerprint density at radius 1 is 1.17 bits per heavy atom. The second kappa shape index (κ2) is 10.1. The number of phenols is 1. The molecular formula is C21H24Br2N2O4. The highest BCUT2D eigenvalue weighted by atomic mass is 79.9. The van der Waals surface area contributed by atoms with E-state index in [-0.39, 0.29) is 23.7 Å². The highest BCUT2D eigenvalue weighted by Gasteiger charge is 2.15. The fourth-order valence-electron chi connectivity index (χ4n) is 2.38. The number of nitrogens with one attached hydrogen (secondary N) is 1. The van der Waals surface area contributed by atoms with Gasteiger partial charge in [0.1, 0.15) is 5.75 Å². The molecule has 2 N–H and O–H groups in total. The molecule has 0 aliphatic rings. The predicted octanol–water partition coefficient (Wildman–Crippen LogP) is 5.14. The third kappa shape index (κ3) is 6.47. The average molecular weight is 528 g/mol. The van der Waals surface area contributed by atoms with Crippen LogP contribution in [0.5, 0.6) is 17.2 Å². The number of aromatic hydroxyl groups is 1. The van der Waals surface area contributed by atoms with Crippen LogP contribution in [0.4, 0.5) is 0 Å². The molecule has 1 amide bonds. The molecule has 0 aliphatic heterocycles. The number of nitrogens with zero attached hydrogens (tertiary/aromatic N) is 1. The maximum Gasteiger partial charge on any atom is 0.277 e. The largest absolute Gasteiger partial charge is 0.503 e. The summed E-state index contributed by atoms with van der Waals surface area (Å²) in [5, 5.41) is 14.0. The zero-order valence-corrected chi connectivity index (χ0v) is 19.9. The molecule has 0 spiro atoms. The van der Waals surface area contributed by atoms with Crippen molar-refractivity contribution >= 4 is 44.0 Å². The first-order valence-corrected chi connectivity index (χ1v) is 10.6. The van der Waals surface area contributed by atoms with E-state index in [1.807, 2.05) is 31.2 Å². The monoisotopic (exact) mass is 526 g/mol. The Labute approximate surface area is 187 Å². The van der Waals surface area contributed by atoms with Gasteiger partial charge in [-0.25, -0.2) is 5.43 Å². The quantitative estimate of drug-likeness (QED) is 0.386. The van der Waals surface area contributed by atoms with Gasteiger partial charge in [0.2, 0.25) is 0 Å². The number of hydrogen-bond donors (Lipinski definition) is 2. The van der Waals surface area contributed by atoms with Crippen LogP contribution in [0.1, 0.15) is 38.8 Å². The van der Waals surface area contributed by atoms with E-state index in [0.717, 1.165) is 0 Å². The summed E-state index contributed by atoms with van der Waals surface area (Å²) in [5.74, 6) is 0.534. The molecule has 156 valence electrons. The van der Waals surface area contributed by atoms with Gasteiger partial charge in [-0.2, -0.15) is 5.10 Å². The predicted molar refractivity (Wildman–Crippen MR) is 121 cm³/mol. The van der Waals surface area contributed by atoms with E-state index in [2.05, 4.69) is 63.2 Å². The van der Waals surface area contributed by atoms with Crippen molar-refractivity contribution in [2.45, 2.75) is 33.1 Å². The number of carbonyl (C=O) groups is 1. The molecule has 8 heteroatoms. The van der Waals surface area contributed by atoms with Gasteiger partial charge in [-0.05, 0) is 68.0 Å². The van der Waals surface area contributed by atoms with Gasteiger partial charge in [0.25, 0.3) is 5.91 Å². The molecular weight excluding hydrogens is 504 g/mol. The van der Waals surface area contributed by atoms with Gasteiger partial charge >= 0.3 is 0 Å². The van der Waals surface area contributed by atoms with Gasteiger partial charge in [0.05, 0.1) is 17.3 Å². The standard InChI is InChI=1S/C21H24Br2N2O4/c1-5-28-16-10-13(18(22)19(23)20(16)27)11-24-25-17(26)12-29-15-8-6-14(7-9-15)21(2,3)4/h6-11,27H,5,12H2,1-4H3,(H,25,26)/b24-11+. The summed E-state index contributed by atoms with van der Waals surface area (Å²) in [6.07, 6.45) is 1.45. The van der Waals surface area contributed by atoms with Gasteiger partial charge < -0.3 is 14.6 Å². The molecule has 0 saturated heterocycles. The van der Waals surface area contributed by atoms with E-state index in [0.29, 0.717) is 32.6 Å².